The van der Waals surface area contributed by atoms with E-state index >= 15 is 0 Å². The van der Waals surface area contributed by atoms with Crippen LogP contribution in [-0.4, -0.2) is 45.9 Å². The molecule has 0 aliphatic rings. The summed E-state index contributed by atoms with van der Waals surface area (Å²) < 4.78 is 11.1. The number of guanidine groups is 1. The zero-order valence-corrected chi connectivity index (χ0v) is 16.9. The Kier molecular flexibility index (Phi) is 12.8. The number of hydrogen-bond acceptors (Lipinski definition) is 3. The molecule has 0 saturated heterocycles. The molecule has 0 aromatic heterocycles. The number of nitrogens with one attached hydrogen (secondary N) is 2. The van der Waals surface area contributed by atoms with Gasteiger partial charge >= 0.3 is 0 Å². The lowest BCUT2D eigenvalue weighted by Gasteiger charge is -2.15. The number of para-hydroxylation sites is 1. The van der Waals surface area contributed by atoms with Gasteiger partial charge in [0.1, 0.15) is 12.4 Å². The Morgan fingerprint density at radius 1 is 1.13 bits per heavy atom. The molecule has 0 bridgehead atoms. The van der Waals surface area contributed by atoms with Gasteiger partial charge in [-0.15, -0.1) is 24.0 Å². The van der Waals surface area contributed by atoms with Gasteiger partial charge < -0.3 is 20.1 Å². The van der Waals surface area contributed by atoms with Crippen LogP contribution in [0.2, 0.25) is 0 Å². The first-order chi connectivity index (χ1) is 10.7. The molecular weight excluding hydrogens is 405 g/mol. The van der Waals surface area contributed by atoms with Crippen LogP contribution in [0.4, 0.5) is 0 Å². The van der Waals surface area contributed by atoms with Crippen molar-refractivity contribution in [1.29, 1.82) is 0 Å². The summed E-state index contributed by atoms with van der Waals surface area (Å²) in [5, 5.41) is 6.41. The third kappa shape index (κ3) is 9.00. The Morgan fingerprint density at radius 3 is 2.39 bits per heavy atom. The van der Waals surface area contributed by atoms with Gasteiger partial charge in [-0.2, -0.15) is 0 Å². The van der Waals surface area contributed by atoms with E-state index < -0.39 is 0 Å². The third-order valence-electron chi connectivity index (χ3n) is 3.16. The number of nitrogens with zero attached hydrogens (tertiary/aromatic N) is 1. The maximum atomic E-state index is 5.87. The molecule has 1 rings (SSSR count). The molecule has 6 heteroatoms. The molecule has 0 saturated carbocycles. The van der Waals surface area contributed by atoms with Gasteiger partial charge in [0.2, 0.25) is 0 Å². The van der Waals surface area contributed by atoms with Crippen molar-refractivity contribution >= 4 is 29.9 Å². The molecule has 0 aliphatic carbocycles. The number of ether oxygens (including phenoxy) is 2. The second kappa shape index (κ2) is 13.4. The summed E-state index contributed by atoms with van der Waals surface area (Å²) in [6.45, 7) is 9.77. The normalized spacial score (nSPS) is 11.1. The first-order valence-electron chi connectivity index (χ1n) is 7.93. The van der Waals surface area contributed by atoms with E-state index in [4.69, 9.17) is 9.47 Å². The minimum Gasteiger partial charge on any atom is -0.491 e. The lowest BCUT2D eigenvalue weighted by atomic mass is 10.0. The van der Waals surface area contributed by atoms with Gasteiger partial charge in [0.05, 0.1) is 13.2 Å². The van der Waals surface area contributed by atoms with Crippen molar-refractivity contribution in [2.75, 3.05) is 40.0 Å². The van der Waals surface area contributed by atoms with Gasteiger partial charge in [0, 0.05) is 20.2 Å². The first kappa shape index (κ1) is 22.0. The van der Waals surface area contributed by atoms with Crippen LogP contribution in [0.1, 0.15) is 32.3 Å². The summed E-state index contributed by atoms with van der Waals surface area (Å²) in [6.07, 6.45) is 0. The molecule has 0 fully saturated rings. The maximum absolute atomic E-state index is 5.87. The zero-order chi connectivity index (χ0) is 16.2. The largest absolute Gasteiger partial charge is 0.491 e. The Bertz CT molecular complexity index is 453. The van der Waals surface area contributed by atoms with Crippen LogP contribution in [0, 0.1) is 0 Å². The Hall–Kier alpha value is -1.02. The van der Waals surface area contributed by atoms with E-state index in [2.05, 4.69) is 35.5 Å². The number of rotatable bonds is 9. The highest BCUT2D eigenvalue weighted by Gasteiger charge is 2.06. The summed E-state index contributed by atoms with van der Waals surface area (Å²) in [5.74, 6) is 2.18. The molecule has 0 atom stereocenters. The smallest absolute Gasteiger partial charge is 0.191 e. The van der Waals surface area contributed by atoms with Gasteiger partial charge in [-0.05, 0) is 24.5 Å². The van der Waals surface area contributed by atoms with Crippen molar-refractivity contribution in [1.82, 2.24) is 10.6 Å². The second-order valence-corrected chi connectivity index (χ2v) is 5.16. The van der Waals surface area contributed by atoms with Crippen LogP contribution in [-0.2, 0) is 4.74 Å². The topological polar surface area (TPSA) is 54.9 Å². The number of aliphatic imine (C=N–C) groups is 1. The van der Waals surface area contributed by atoms with E-state index in [-0.39, 0.29) is 24.0 Å². The number of halogens is 1. The summed E-state index contributed by atoms with van der Waals surface area (Å²) in [6, 6.07) is 8.18. The molecule has 132 valence electrons. The molecule has 0 heterocycles. The van der Waals surface area contributed by atoms with Gasteiger partial charge in [0.15, 0.2) is 5.96 Å². The fraction of sp³-hybridized carbons (Fsp3) is 0.588. The van der Waals surface area contributed by atoms with E-state index in [1.165, 1.54) is 5.56 Å². The molecule has 0 radical (unpaired) electrons. The minimum absolute atomic E-state index is 0. The average molecular weight is 435 g/mol. The number of hydrogen-bond donors (Lipinski definition) is 2. The van der Waals surface area contributed by atoms with Crippen LogP contribution in [0.3, 0.4) is 0 Å². The average Bonchev–Trinajstić information content (AvgIpc) is 2.53. The summed E-state index contributed by atoms with van der Waals surface area (Å²) in [7, 11) is 1.75. The molecule has 1 aromatic carbocycles. The van der Waals surface area contributed by atoms with Gasteiger partial charge in [-0.3, -0.25) is 4.99 Å². The van der Waals surface area contributed by atoms with E-state index in [1.807, 2.05) is 25.1 Å². The Morgan fingerprint density at radius 2 is 1.78 bits per heavy atom. The van der Waals surface area contributed by atoms with E-state index in [0.717, 1.165) is 24.9 Å². The summed E-state index contributed by atoms with van der Waals surface area (Å²) in [5.41, 5.74) is 1.24. The van der Waals surface area contributed by atoms with Crippen LogP contribution >= 0.6 is 24.0 Å². The Balaban J connectivity index is 0.00000484. The van der Waals surface area contributed by atoms with Crippen LogP contribution in [0.15, 0.2) is 29.3 Å². The van der Waals surface area contributed by atoms with Gasteiger partial charge in [-0.25, -0.2) is 0 Å². The fourth-order valence-electron chi connectivity index (χ4n) is 2.03. The molecule has 0 amide bonds. The summed E-state index contributed by atoms with van der Waals surface area (Å²) in [4.78, 5) is 4.16. The highest BCUT2D eigenvalue weighted by molar-refractivity contribution is 14.0. The quantitative estimate of drug-likeness (QED) is 0.271. The van der Waals surface area contributed by atoms with Crippen molar-refractivity contribution in [2.45, 2.75) is 26.7 Å². The zero-order valence-electron chi connectivity index (χ0n) is 14.6. The molecule has 23 heavy (non-hydrogen) atoms. The monoisotopic (exact) mass is 435 g/mol. The van der Waals surface area contributed by atoms with Crippen LogP contribution < -0.4 is 15.4 Å². The highest BCUT2D eigenvalue weighted by atomic mass is 127. The lowest BCUT2D eigenvalue weighted by Crippen LogP contribution is -2.40. The van der Waals surface area contributed by atoms with Gasteiger partial charge in [-0.1, -0.05) is 32.0 Å². The molecule has 1 aromatic rings. The van der Waals surface area contributed by atoms with Crippen molar-refractivity contribution in [3.05, 3.63) is 29.8 Å². The second-order valence-electron chi connectivity index (χ2n) is 5.16. The minimum atomic E-state index is 0. The molecule has 0 aliphatic heterocycles. The predicted octanol–water partition coefficient (Wildman–Crippen LogP) is 3.01. The van der Waals surface area contributed by atoms with Crippen LogP contribution in [0.5, 0.6) is 5.75 Å². The van der Waals surface area contributed by atoms with Gasteiger partial charge in [0.25, 0.3) is 0 Å². The molecule has 0 spiro atoms. The van der Waals surface area contributed by atoms with Crippen molar-refractivity contribution in [3.63, 3.8) is 0 Å². The standard InChI is InChI=1S/C17H29N3O2.HI/c1-5-21-12-10-19-17(18-4)20-11-13-22-16-9-7-6-8-15(16)14(2)3;/h6-9,14H,5,10-13H2,1-4H3,(H2,18,19,20);1H. The highest BCUT2D eigenvalue weighted by Crippen LogP contribution is 2.25. The molecular formula is C17H30IN3O2. The first-order valence-corrected chi connectivity index (χ1v) is 7.93. The van der Waals surface area contributed by atoms with E-state index in [1.54, 1.807) is 7.05 Å². The van der Waals surface area contributed by atoms with E-state index in [0.29, 0.717) is 25.7 Å². The van der Waals surface area contributed by atoms with E-state index in [9.17, 15) is 0 Å². The summed E-state index contributed by atoms with van der Waals surface area (Å²) >= 11 is 0. The Labute approximate surface area is 157 Å². The molecule has 2 N–H and O–H groups in total. The van der Waals surface area contributed by atoms with Crippen molar-refractivity contribution in [2.24, 2.45) is 4.99 Å². The maximum Gasteiger partial charge on any atom is 0.191 e. The lowest BCUT2D eigenvalue weighted by molar-refractivity contribution is 0.152. The third-order valence-corrected chi connectivity index (χ3v) is 3.16. The number of benzene rings is 1. The van der Waals surface area contributed by atoms with Crippen LogP contribution in [0.25, 0.3) is 0 Å². The SMILES string of the molecule is CCOCCNC(=NC)NCCOc1ccccc1C(C)C.I. The molecule has 5 nitrogen and oxygen atoms in total. The van der Waals surface area contributed by atoms with Crippen molar-refractivity contribution < 1.29 is 9.47 Å². The fourth-order valence-corrected chi connectivity index (χ4v) is 2.03. The predicted molar refractivity (Wildman–Crippen MR) is 107 cm³/mol. The molecule has 0 unspecified atom stereocenters. The van der Waals surface area contributed by atoms with Crippen molar-refractivity contribution in [3.8, 4) is 5.75 Å².